The Morgan fingerprint density at radius 1 is 0.452 bits per heavy atom. The Bertz CT molecular complexity index is 2060. The molecule has 0 radical (unpaired) electrons. The maximum Gasteiger partial charge on any atom is 0.164 e. The maximum absolute atomic E-state index is 6.50. The van der Waals surface area contributed by atoms with Crippen LogP contribution >= 0.6 is 0 Å². The first-order valence-electron chi connectivity index (χ1n) is 14.3. The highest BCUT2D eigenvalue weighted by Crippen LogP contribution is 2.37. The molecule has 42 heavy (non-hydrogen) atoms. The lowest BCUT2D eigenvalue weighted by molar-refractivity contribution is 0.669. The van der Waals surface area contributed by atoms with Crippen LogP contribution in [0.5, 0.6) is 0 Å². The van der Waals surface area contributed by atoms with E-state index in [2.05, 4.69) is 63.5 Å². The number of hydrogen-bond acceptors (Lipinski definition) is 4. The quantitative estimate of drug-likeness (QED) is 0.292. The van der Waals surface area contributed by atoms with E-state index in [1.165, 1.54) is 38.4 Å². The van der Waals surface area contributed by atoms with Crippen LogP contribution in [0.1, 0.15) is 0 Å². The van der Waals surface area contributed by atoms with Crippen molar-refractivity contribution in [2.45, 2.75) is 0 Å². The number of fused-ring (bicyclic) bond motifs is 3. The third kappa shape index (κ3) is 4.28. The first-order chi connectivity index (χ1) is 20.4. The van der Waals surface area contributed by atoms with Crippen LogP contribution in [0.4, 0.5) is 0 Å². The van der Waals surface area contributed by atoms with Crippen molar-refractivity contribution >= 4 is 88.5 Å². The fourth-order valence-electron chi connectivity index (χ4n) is 6.03. The molecule has 0 aliphatic rings. The van der Waals surface area contributed by atoms with E-state index in [-0.39, 0.29) is 0 Å². The average Bonchev–Trinajstić information content (AvgIpc) is 3.42. The van der Waals surface area contributed by atoms with Gasteiger partial charge in [0.25, 0.3) is 0 Å². The molecule has 0 unspecified atom stereocenters. The Labute approximate surface area is 249 Å². The molecule has 0 saturated heterocycles. The summed E-state index contributed by atoms with van der Waals surface area (Å²) in [4.78, 5) is 14.8. The smallest absolute Gasteiger partial charge is 0.164 e. The van der Waals surface area contributed by atoms with Gasteiger partial charge in [-0.2, -0.15) is 0 Å². The SMILES string of the molecule is Bc1c(B)c(B)c(-c2ccc3c(c2)oc2cccc(-c4nc(-c5ccccc5)nc(-c5ccccc5)n4)c23)c(B)c1B. The van der Waals surface area contributed by atoms with Gasteiger partial charge in [0.05, 0.1) is 0 Å². The van der Waals surface area contributed by atoms with E-state index in [9.17, 15) is 0 Å². The molecule has 7 aromatic rings. The molecule has 2 heterocycles. The van der Waals surface area contributed by atoms with Crippen LogP contribution < -0.4 is 27.3 Å². The molecule has 0 fully saturated rings. The summed E-state index contributed by atoms with van der Waals surface area (Å²) in [6.45, 7) is 0. The van der Waals surface area contributed by atoms with Gasteiger partial charge in [-0.25, -0.2) is 15.0 Å². The van der Waals surface area contributed by atoms with E-state index in [0.29, 0.717) is 17.5 Å². The summed E-state index contributed by atoms with van der Waals surface area (Å²) in [6.07, 6.45) is 0. The Hall–Kier alpha value is -4.77. The third-order valence-corrected chi connectivity index (χ3v) is 8.73. The number of furan rings is 1. The van der Waals surface area contributed by atoms with Gasteiger partial charge in [-0.3, -0.25) is 0 Å². The van der Waals surface area contributed by atoms with E-state index in [1.807, 2.05) is 72.8 Å². The van der Waals surface area contributed by atoms with Crippen LogP contribution in [-0.4, -0.2) is 54.2 Å². The number of hydrogen-bond donors (Lipinski definition) is 0. The van der Waals surface area contributed by atoms with Gasteiger partial charge >= 0.3 is 0 Å². The van der Waals surface area contributed by atoms with E-state index in [4.69, 9.17) is 19.4 Å². The molecule has 0 amide bonds. The van der Waals surface area contributed by atoms with E-state index < -0.39 is 0 Å². The van der Waals surface area contributed by atoms with Crippen molar-refractivity contribution in [3.05, 3.63) is 97.1 Å². The monoisotopic (exact) mass is 535 g/mol. The topological polar surface area (TPSA) is 51.8 Å². The molecule has 9 heteroatoms. The normalized spacial score (nSPS) is 11.3. The summed E-state index contributed by atoms with van der Waals surface area (Å²) in [5.74, 6) is 1.90. The lowest BCUT2D eigenvalue weighted by atomic mass is 9.59. The van der Waals surface area contributed by atoms with Gasteiger partial charge in [-0.05, 0) is 29.3 Å². The molecule has 0 aliphatic carbocycles. The summed E-state index contributed by atoms with van der Waals surface area (Å²) >= 11 is 0. The van der Waals surface area contributed by atoms with Gasteiger partial charge in [-0.1, -0.05) is 89.8 Å². The standard InChI is InChI=1S/C33H26B5N3O/c34-26-24(27(35)29(37)30(38)28(26)36)19-14-15-20-23(16-19)42-22-13-7-12-21(25(20)22)33-40-31(17-8-3-1-4-9-17)39-32(41-33)18-10-5-2-6-11-18/h1-16H,34-38H2. The van der Waals surface area contributed by atoms with Crippen molar-refractivity contribution in [1.29, 1.82) is 0 Å². The fraction of sp³-hybridized carbons (Fsp3) is 0. The first-order valence-corrected chi connectivity index (χ1v) is 14.3. The van der Waals surface area contributed by atoms with Crippen molar-refractivity contribution in [3.8, 4) is 45.3 Å². The Balaban J connectivity index is 1.45. The van der Waals surface area contributed by atoms with E-state index in [1.54, 1.807) is 0 Å². The molecular formula is C33H26B5N3O. The van der Waals surface area contributed by atoms with Crippen LogP contribution in [0.15, 0.2) is 101 Å². The van der Waals surface area contributed by atoms with Gasteiger partial charge in [0.2, 0.25) is 0 Å². The molecule has 0 aliphatic heterocycles. The van der Waals surface area contributed by atoms with Crippen LogP contribution in [-0.2, 0) is 0 Å². The minimum Gasteiger partial charge on any atom is -0.456 e. The molecule has 0 atom stereocenters. The highest BCUT2D eigenvalue weighted by molar-refractivity contribution is 6.68. The van der Waals surface area contributed by atoms with Crippen molar-refractivity contribution in [1.82, 2.24) is 15.0 Å². The van der Waals surface area contributed by atoms with Crippen LogP contribution in [0.3, 0.4) is 0 Å². The van der Waals surface area contributed by atoms with Crippen LogP contribution in [0, 0.1) is 0 Å². The zero-order valence-electron chi connectivity index (χ0n) is 24.5. The second-order valence-corrected chi connectivity index (χ2v) is 11.0. The first kappa shape index (κ1) is 26.2. The highest BCUT2D eigenvalue weighted by atomic mass is 16.3. The Morgan fingerprint density at radius 2 is 1.00 bits per heavy atom. The second-order valence-electron chi connectivity index (χ2n) is 11.0. The van der Waals surface area contributed by atoms with Crippen molar-refractivity contribution in [3.63, 3.8) is 0 Å². The number of rotatable bonds is 4. The molecule has 0 spiro atoms. The predicted molar refractivity (Wildman–Crippen MR) is 190 cm³/mol. The van der Waals surface area contributed by atoms with Gasteiger partial charge in [0.15, 0.2) is 17.5 Å². The van der Waals surface area contributed by atoms with E-state index >= 15 is 0 Å². The minimum absolute atomic E-state index is 0.622. The number of nitrogens with zero attached hydrogens (tertiary/aromatic N) is 3. The van der Waals surface area contributed by atoms with Crippen molar-refractivity contribution < 1.29 is 4.42 Å². The van der Waals surface area contributed by atoms with Crippen molar-refractivity contribution in [2.75, 3.05) is 0 Å². The molecule has 194 valence electrons. The molecule has 5 aromatic carbocycles. The summed E-state index contributed by atoms with van der Waals surface area (Å²) in [5.41, 5.74) is 13.6. The van der Waals surface area contributed by atoms with Gasteiger partial charge in [0, 0.05) is 27.5 Å². The van der Waals surface area contributed by atoms with Crippen LogP contribution in [0.2, 0.25) is 0 Å². The summed E-state index contributed by atoms with van der Waals surface area (Å²) in [5, 5.41) is 2.05. The zero-order chi connectivity index (χ0) is 29.0. The maximum atomic E-state index is 6.50. The number of aromatic nitrogens is 3. The Morgan fingerprint density at radius 3 is 1.60 bits per heavy atom. The average molecular weight is 535 g/mol. The molecule has 2 aromatic heterocycles. The largest absolute Gasteiger partial charge is 0.456 e. The van der Waals surface area contributed by atoms with Crippen molar-refractivity contribution in [2.24, 2.45) is 0 Å². The predicted octanol–water partition coefficient (Wildman–Crippen LogP) is -0.269. The second kappa shape index (κ2) is 10.3. The zero-order valence-corrected chi connectivity index (χ0v) is 24.5. The van der Waals surface area contributed by atoms with E-state index in [0.717, 1.165) is 38.6 Å². The van der Waals surface area contributed by atoms with Crippen LogP contribution in [0.25, 0.3) is 67.2 Å². The molecule has 0 saturated carbocycles. The molecule has 7 rings (SSSR count). The number of benzene rings is 5. The molecule has 0 bridgehead atoms. The minimum atomic E-state index is 0.622. The van der Waals surface area contributed by atoms with Gasteiger partial charge in [-0.15, -0.1) is 16.4 Å². The Kier molecular flexibility index (Phi) is 6.39. The summed E-state index contributed by atoms with van der Waals surface area (Å²) < 4.78 is 6.50. The lowest BCUT2D eigenvalue weighted by Crippen LogP contribution is -2.55. The molecule has 0 N–H and O–H groups in total. The molecular weight excluding hydrogens is 508 g/mol. The molecule has 4 nitrogen and oxygen atoms in total. The highest BCUT2D eigenvalue weighted by Gasteiger charge is 2.19. The summed E-state index contributed by atoms with van der Waals surface area (Å²) in [7, 11) is 11.1. The van der Waals surface area contributed by atoms with Gasteiger partial charge < -0.3 is 4.42 Å². The third-order valence-electron chi connectivity index (χ3n) is 8.73. The lowest BCUT2D eigenvalue weighted by Gasteiger charge is -2.20. The fourth-order valence-corrected chi connectivity index (χ4v) is 6.03. The van der Waals surface area contributed by atoms with Gasteiger partial charge in [0.1, 0.15) is 50.4 Å². The summed E-state index contributed by atoms with van der Waals surface area (Å²) in [6, 6.07) is 32.8.